The first-order valence-electron chi connectivity index (χ1n) is 4.40. The summed E-state index contributed by atoms with van der Waals surface area (Å²) >= 11 is 0. The molecule has 0 heterocycles. The normalized spacial score (nSPS) is 9.29. The van der Waals surface area contributed by atoms with Crippen LogP contribution in [0.4, 0.5) is 0 Å². The van der Waals surface area contributed by atoms with Gasteiger partial charge in [-0.2, -0.15) is 0 Å². The largest absolute Gasteiger partial charge is 0.462 e. The summed E-state index contributed by atoms with van der Waals surface area (Å²) in [5.41, 5.74) is 2.40. The molecular formula is C9H16N2O3. The molecule has 0 aliphatic carbocycles. The zero-order valence-electron chi connectivity index (χ0n) is 8.34. The van der Waals surface area contributed by atoms with Crippen LogP contribution in [0.1, 0.15) is 26.2 Å². The molecule has 14 heavy (non-hydrogen) atoms. The van der Waals surface area contributed by atoms with E-state index in [1.165, 1.54) is 0 Å². The van der Waals surface area contributed by atoms with Gasteiger partial charge in [-0.15, -0.1) is 0 Å². The molecule has 0 aliphatic heterocycles. The number of ether oxygens (including phenoxy) is 1. The monoisotopic (exact) mass is 200 g/mol. The zero-order valence-corrected chi connectivity index (χ0v) is 8.34. The van der Waals surface area contributed by atoms with Crippen LogP contribution in [-0.4, -0.2) is 18.5 Å². The second kappa shape index (κ2) is 7.08. The van der Waals surface area contributed by atoms with Gasteiger partial charge >= 0.3 is 5.97 Å². The maximum Gasteiger partial charge on any atom is 0.333 e. The Labute approximate surface area is 83.3 Å². The fourth-order valence-corrected chi connectivity index (χ4v) is 0.748. The summed E-state index contributed by atoms with van der Waals surface area (Å²) in [4.78, 5) is 21.5. The second-order valence-electron chi connectivity index (χ2n) is 2.94. The topological polar surface area (TPSA) is 81.4 Å². The van der Waals surface area contributed by atoms with Crippen LogP contribution >= 0.6 is 0 Å². The van der Waals surface area contributed by atoms with Crippen molar-refractivity contribution >= 4 is 11.9 Å². The summed E-state index contributed by atoms with van der Waals surface area (Å²) in [6.45, 7) is 5.34. The van der Waals surface area contributed by atoms with Gasteiger partial charge in [0.25, 0.3) is 0 Å². The number of nitrogens with one attached hydrogen (secondary N) is 1. The van der Waals surface area contributed by atoms with Gasteiger partial charge in [0.15, 0.2) is 0 Å². The molecule has 5 heteroatoms. The van der Waals surface area contributed by atoms with Crippen molar-refractivity contribution < 1.29 is 14.3 Å². The van der Waals surface area contributed by atoms with Crippen LogP contribution in [0.2, 0.25) is 0 Å². The van der Waals surface area contributed by atoms with Crippen molar-refractivity contribution in [1.82, 2.24) is 5.43 Å². The number of esters is 1. The van der Waals surface area contributed by atoms with Crippen molar-refractivity contribution in [2.24, 2.45) is 5.84 Å². The third-order valence-electron chi connectivity index (χ3n) is 1.54. The van der Waals surface area contributed by atoms with Crippen molar-refractivity contribution in [3.63, 3.8) is 0 Å². The third-order valence-corrected chi connectivity index (χ3v) is 1.54. The average molecular weight is 200 g/mol. The molecule has 0 rings (SSSR count). The Morgan fingerprint density at radius 1 is 1.43 bits per heavy atom. The van der Waals surface area contributed by atoms with Crippen LogP contribution in [0.25, 0.3) is 0 Å². The van der Waals surface area contributed by atoms with E-state index in [1.807, 2.05) is 5.43 Å². The first kappa shape index (κ1) is 12.6. The summed E-state index contributed by atoms with van der Waals surface area (Å²) in [5, 5.41) is 0. The van der Waals surface area contributed by atoms with Crippen LogP contribution in [0, 0.1) is 0 Å². The molecule has 80 valence electrons. The number of carbonyl (C=O) groups is 2. The molecule has 0 aliphatic rings. The predicted octanol–water partition coefficient (Wildman–Crippen LogP) is 0.266. The molecule has 0 aromatic rings. The summed E-state index contributed by atoms with van der Waals surface area (Å²) in [6.07, 6.45) is 1.64. The molecule has 0 saturated heterocycles. The Balaban J connectivity index is 3.34. The Bertz CT molecular complexity index is 226. The van der Waals surface area contributed by atoms with E-state index < -0.39 is 5.97 Å². The van der Waals surface area contributed by atoms with E-state index in [9.17, 15) is 9.59 Å². The van der Waals surface area contributed by atoms with Crippen molar-refractivity contribution in [2.75, 3.05) is 6.61 Å². The Hall–Kier alpha value is -1.36. The minimum Gasteiger partial charge on any atom is -0.462 e. The molecule has 3 N–H and O–H groups in total. The lowest BCUT2D eigenvalue weighted by Crippen LogP contribution is -2.29. The molecule has 0 atom stereocenters. The van der Waals surface area contributed by atoms with E-state index in [-0.39, 0.29) is 5.91 Å². The molecule has 0 spiro atoms. The Morgan fingerprint density at radius 3 is 2.57 bits per heavy atom. The van der Waals surface area contributed by atoms with Crippen molar-refractivity contribution in [3.05, 3.63) is 12.2 Å². The summed E-state index contributed by atoms with van der Waals surface area (Å²) in [5.74, 6) is 4.27. The van der Waals surface area contributed by atoms with E-state index in [0.29, 0.717) is 31.4 Å². The van der Waals surface area contributed by atoms with Gasteiger partial charge in [0.05, 0.1) is 6.61 Å². The maximum absolute atomic E-state index is 10.9. The van der Waals surface area contributed by atoms with Crippen molar-refractivity contribution in [2.45, 2.75) is 26.2 Å². The number of hydrazine groups is 1. The van der Waals surface area contributed by atoms with Crippen molar-refractivity contribution in [3.8, 4) is 0 Å². The number of amides is 1. The number of hydrogen-bond donors (Lipinski definition) is 2. The van der Waals surface area contributed by atoms with Gasteiger partial charge in [0.2, 0.25) is 5.91 Å². The number of rotatable bonds is 6. The Kier molecular flexibility index (Phi) is 6.39. The lowest BCUT2D eigenvalue weighted by molar-refractivity contribution is -0.139. The van der Waals surface area contributed by atoms with Crippen LogP contribution in [0.5, 0.6) is 0 Å². The lowest BCUT2D eigenvalue weighted by atomic mass is 10.2. The number of hydrogen-bond acceptors (Lipinski definition) is 4. The molecule has 1 amide bonds. The van der Waals surface area contributed by atoms with Crippen molar-refractivity contribution in [1.29, 1.82) is 0 Å². The van der Waals surface area contributed by atoms with Crippen LogP contribution in [0.15, 0.2) is 12.2 Å². The fraction of sp³-hybridized carbons (Fsp3) is 0.556. The molecule has 0 radical (unpaired) electrons. The minimum absolute atomic E-state index is 0.212. The predicted molar refractivity (Wildman–Crippen MR) is 52.0 cm³/mol. The van der Waals surface area contributed by atoms with Gasteiger partial charge in [-0.1, -0.05) is 6.58 Å². The molecular weight excluding hydrogens is 184 g/mol. The number of unbranched alkanes of at least 4 members (excludes halogenated alkanes) is 1. The van der Waals surface area contributed by atoms with E-state index in [4.69, 9.17) is 10.6 Å². The van der Waals surface area contributed by atoms with Gasteiger partial charge in [0, 0.05) is 12.0 Å². The van der Waals surface area contributed by atoms with E-state index in [1.54, 1.807) is 6.92 Å². The molecule has 0 saturated carbocycles. The van der Waals surface area contributed by atoms with Crippen LogP contribution < -0.4 is 11.3 Å². The van der Waals surface area contributed by atoms with E-state index >= 15 is 0 Å². The number of nitrogens with two attached hydrogens (primary N) is 1. The minimum atomic E-state index is -0.395. The average Bonchev–Trinajstić information content (AvgIpc) is 2.16. The lowest BCUT2D eigenvalue weighted by Gasteiger charge is -2.03. The highest BCUT2D eigenvalue weighted by Crippen LogP contribution is 1.98. The van der Waals surface area contributed by atoms with Crippen LogP contribution in [-0.2, 0) is 14.3 Å². The van der Waals surface area contributed by atoms with Gasteiger partial charge in [0.1, 0.15) is 0 Å². The SMILES string of the molecule is C=C(C)C(=O)OCCCCC(=O)NN. The zero-order chi connectivity index (χ0) is 11.0. The molecule has 0 bridgehead atoms. The fourth-order valence-electron chi connectivity index (χ4n) is 0.748. The molecule has 0 fully saturated rings. The maximum atomic E-state index is 10.9. The molecule has 0 aromatic carbocycles. The molecule has 5 nitrogen and oxygen atoms in total. The van der Waals surface area contributed by atoms with Gasteiger partial charge in [-0.05, 0) is 19.8 Å². The summed E-state index contributed by atoms with van der Waals surface area (Å²) in [7, 11) is 0. The smallest absolute Gasteiger partial charge is 0.333 e. The van der Waals surface area contributed by atoms with Gasteiger partial charge < -0.3 is 4.74 Å². The third kappa shape index (κ3) is 6.19. The summed E-state index contributed by atoms with van der Waals surface area (Å²) in [6, 6.07) is 0. The number of carbonyl (C=O) groups excluding carboxylic acids is 2. The summed E-state index contributed by atoms with van der Waals surface area (Å²) < 4.78 is 4.82. The molecule has 0 aromatic heterocycles. The Morgan fingerprint density at radius 2 is 2.07 bits per heavy atom. The highest BCUT2D eigenvalue weighted by atomic mass is 16.5. The first-order valence-corrected chi connectivity index (χ1v) is 4.40. The van der Waals surface area contributed by atoms with Gasteiger partial charge in [-0.25, -0.2) is 10.6 Å². The molecule has 0 unspecified atom stereocenters. The van der Waals surface area contributed by atoms with E-state index in [0.717, 1.165) is 0 Å². The highest BCUT2D eigenvalue weighted by Gasteiger charge is 2.02. The first-order chi connectivity index (χ1) is 6.57. The standard InChI is InChI=1S/C9H16N2O3/c1-7(2)9(13)14-6-4-3-5-8(12)11-10/h1,3-6,10H2,2H3,(H,11,12). The quantitative estimate of drug-likeness (QED) is 0.161. The van der Waals surface area contributed by atoms with E-state index in [2.05, 4.69) is 6.58 Å². The van der Waals surface area contributed by atoms with Crippen LogP contribution in [0.3, 0.4) is 0 Å². The second-order valence-corrected chi connectivity index (χ2v) is 2.94. The van der Waals surface area contributed by atoms with Gasteiger partial charge in [-0.3, -0.25) is 10.2 Å². The highest BCUT2D eigenvalue weighted by molar-refractivity contribution is 5.86.